The molecule has 1 atom stereocenters. The van der Waals surface area contributed by atoms with Gasteiger partial charge in [0.2, 0.25) is 5.91 Å². The first kappa shape index (κ1) is 47.8. The third-order valence-corrected chi connectivity index (χ3v) is 7.61. The van der Waals surface area contributed by atoms with E-state index in [9.17, 15) is 14.4 Å². The Morgan fingerprint density at radius 3 is 1.40 bits per heavy atom. The predicted octanol–water partition coefficient (Wildman–Crippen LogP) is 12.1. The Hall–Kier alpha value is -4.19. The summed E-state index contributed by atoms with van der Waals surface area (Å²) in [4.78, 5) is 34.9. The summed E-state index contributed by atoms with van der Waals surface area (Å²) in [5.74, 6) is -1.45. The number of hydrogen-bond donors (Lipinski definition) is 2. The van der Waals surface area contributed by atoms with Crippen molar-refractivity contribution in [3.8, 4) is 0 Å². The van der Waals surface area contributed by atoms with Gasteiger partial charge < -0.3 is 15.2 Å². The highest BCUT2D eigenvalue weighted by molar-refractivity contribution is 5.80. The molecular formula is C46H69NO5. The van der Waals surface area contributed by atoms with E-state index in [1.165, 1.54) is 0 Å². The molecule has 0 heterocycles. The maximum atomic E-state index is 12.6. The number of carboxylic acids is 1. The van der Waals surface area contributed by atoms with Crippen molar-refractivity contribution in [3.63, 3.8) is 0 Å². The number of amides is 1. The van der Waals surface area contributed by atoms with Crippen LogP contribution in [0.15, 0.2) is 122 Å². The Labute approximate surface area is 316 Å². The number of esters is 1. The summed E-state index contributed by atoms with van der Waals surface area (Å²) in [6, 6.07) is 0. The molecule has 6 heteroatoms. The lowest BCUT2D eigenvalue weighted by Crippen LogP contribution is -2.28. The first-order valence-electron chi connectivity index (χ1n) is 19.7. The molecule has 0 aliphatic heterocycles. The molecule has 0 bridgehead atoms. The second kappa shape index (κ2) is 39.6. The van der Waals surface area contributed by atoms with Crippen molar-refractivity contribution in [2.24, 2.45) is 0 Å². The summed E-state index contributed by atoms with van der Waals surface area (Å²) in [7, 11) is 0. The third-order valence-electron chi connectivity index (χ3n) is 7.61. The number of unbranched alkanes of at least 4 members (excludes halogenated alkanes) is 4. The summed E-state index contributed by atoms with van der Waals surface area (Å²) < 4.78 is 5.83. The highest BCUT2D eigenvalue weighted by atomic mass is 16.5. The highest BCUT2D eigenvalue weighted by Gasteiger charge is 2.11. The molecule has 0 aliphatic rings. The summed E-state index contributed by atoms with van der Waals surface area (Å²) >= 11 is 0. The Kier molecular flexibility index (Phi) is 36.4. The molecule has 1 unspecified atom stereocenters. The van der Waals surface area contributed by atoms with E-state index in [0.29, 0.717) is 19.3 Å². The number of allylic oxidation sites excluding steroid dienone is 19. The van der Waals surface area contributed by atoms with Crippen LogP contribution in [0.4, 0.5) is 0 Å². The molecule has 6 nitrogen and oxygen atoms in total. The fourth-order valence-electron chi connectivity index (χ4n) is 4.79. The van der Waals surface area contributed by atoms with Gasteiger partial charge in [0.25, 0.3) is 0 Å². The number of nitrogens with one attached hydrogen (secondary N) is 1. The topological polar surface area (TPSA) is 92.7 Å². The Balaban J connectivity index is 4.27. The molecule has 0 radical (unpaired) electrons. The number of hydrogen-bond acceptors (Lipinski definition) is 4. The number of aliphatic carboxylic acids is 1. The van der Waals surface area contributed by atoms with Crippen LogP contribution in [0.25, 0.3) is 0 Å². The van der Waals surface area contributed by atoms with Gasteiger partial charge in [0, 0.05) is 12.8 Å². The van der Waals surface area contributed by atoms with Gasteiger partial charge in [-0.1, -0.05) is 142 Å². The Morgan fingerprint density at radius 1 is 0.519 bits per heavy atom. The molecule has 288 valence electrons. The number of rotatable bonds is 33. The third kappa shape index (κ3) is 38.6. The van der Waals surface area contributed by atoms with Gasteiger partial charge in [-0.25, -0.2) is 0 Å². The number of carbonyl (C=O) groups excluding carboxylic acids is 2. The maximum absolute atomic E-state index is 12.6. The van der Waals surface area contributed by atoms with E-state index in [0.717, 1.165) is 103 Å². The number of carbonyl (C=O) groups is 3. The zero-order valence-electron chi connectivity index (χ0n) is 32.3. The van der Waals surface area contributed by atoms with E-state index < -0.39 is 5.97 Å². The van der Waals surface area contributed by atoms with E-state index in [2.05, 4.69) is 135 Å². The van der Waals surface area contributed by atoms with Crippen LogP contribution in [-0.4, -0.2) is 35.6 Å². The van der Waals surface area contributed by atoms with Crippen LogP contribution in [0.2, 0.25) is 0 Å². The second-order valence-corrected chi connectivity index (χ2v) is 12.4. The maximum Gasteiger partial charge on any atom is 0.322 e. The van der Waals surface area contributed by atoms with Gasteiger partial charge in [-0.15, -0.1) is 0 Å². The zero-order chi connectivity index (χ0) is 38.0. The van der Waals surface area contributed by atoms with E-state index in [1.54, 1.807) is 0 Å². The van der Waals surface area contributed by atoms with E-state index in [-0.39, 0.29) is 24.5 Å². The van der Waals surface area contributed by atoms with Gasteiger partial charge in [-0.05, 0) is 102 Å². The fraction of sp³-hybridized carbons (Fsp3) is 0.500. The van der Waals surface area contributed by atoms with Crippen LogP contribution in [0.1, 0.15) is 136 Å². The first-order chi connectivity index (χ1) is 25.5. The summed E-state index contributed by atoms with van der Waals surface area (Å²) in [6.07, 6.45) is 59.1. The first-order valence-corrected chi connectivity index (χ1v) is 19.7. The molecule has 52 heavy (non-hydrogen) atoms. The SMILES string of the molecule is CC/C=C\C/C=C\C/C=C\C/C=C\C/C=C\C/C=C\C/C=C\CCCC(=O)OC(/C=C\C/C=C\C/C=C\CC)CCCCCCC(=O)NCC(=O)O. The van der Waals surface area contributed by atoms with Crippen LogP contribution in [-0.2, 0) is 19.1 Å². The highest BCUT2D eigenvalue weighted by Crippen LogP contribution is 2.13. The molecule has 0 aromatic heterocycles. The molecule has 0 spiro atoms. The molecule has 0 rings (SSSR count). The molecule has 0 aromatic rings. The monoisotopic (exact) mass is 716 g/mol. The molecule has 0 saturated heterocycles. The van der Waals surface area contributed by atoms with E-state index in [4.69, 9.17) is 9.84 Å². The average molecular weight is 716 g/mol. The lowest BCUT2D eigenvalue weighted by atomic mass is 10.1. The van der Waals surface area contributed by atoms with Crippen LogP contribution < -0.4 is 5.32 Å². The average Bonchev–Trinajstić information content (AvgIpc) is 3.13. The Morgan fingerprint density at radius 2 is 0.942 bits per heavy atom. The fourth-order valence-corrected chi connectivity index (χ4v) is 4.79. The van der Waals surface area contributed by atoms with Crippen molar-refractivity contribution in [1.29, 1.82) is 0 Å². The minimum atomic E-state index is -1.04. The van der Waals surface area contributed by atoms with Gasteiger partial charge in [0.1, 0.15) is 12.6 Å². The van der Waals surface area contributed by atoms with Crippen molar-refractivity contribution in [1.82, 2.24) is 5.32 Å². The molecule has 1 amide bonds. The van der Waals surface area contributed by atoms with Gasteiger partial charge in [-0.3, -0.25) is 14.4 Å². The smallest absolute Gasteiger partial charge is 0.322 e. The largest absolute Gasteiger partial charge is 0.480 e. The molecule has 0 aliphatic carbocycles. The molecule has 0 fully saturated rings. The Bertz CT molecular complexity index is 1200. The van der Waals surface area contributed by atoms with Crippen molar-refractivity contribution in [2.45, 2.75) is 142 Å². The number of ether oxygens (including phenoxy) is 1. The van der Waals surface area contributed by atoms with Crippen LogP contribution >= 0.6 is 0 Å². The minimum Gasteiger partial charge on any atom is -0.480 e. The van der Waals surface area contributed by atoms with Crippen molar-refractivity contribution >= 4 is 17.8 Å². The lowest BCUT2D eigenvalue weighted by Gasteiger charge is -2.14. The van der Waals surface area contributed by atoms with E-state index >= 15 is 0 Å². The van der Waals surface area contributed by atoms with Gasteiger partial charge in [0.15, 0.2) is 0 Å². The quantitative estimate of drug-likeness (QED) is 0.0401. The summed E-state index contributed by atoms with van der Waals surface area (Å²) in [5, 5.41) is 11.0. The second-order valence-electron chi connectivity index (χ2n) is 12.4. The summed E-state index contributed by atoms with van der Waals surface area (Å²) in [5.41, 5.74) is 0. The molecular weight excluding hydrogens is 647 g/mol. The molecule has 2 N–H and O–H groups in total. The molecule has 0 saturated carbocycles. The van der Waals surface area contributed by atoms with Gasteiger partial charge in [-0.2, -0.15) is 0 Å². The van der Waals surface area contributed by atoms with Gasteiger partial charge in [0.05, 0.1) is 0 Å². The predicted molar refractivity (Wildman–Crippen MR) is 221 cm³/mol. The van der Waals surface area contributed by atoms with Crippen LogP contribution in [0, 0.1) is 0 Å². The van der Waals surface area contributed by atoms with Crippen molar-refractivity contribution < 1.29 is 24.2 Å². The molecule has 0 aromatic carbocycles. The van der Waals surface area contributed by atoms with Crippen molar-refractivity contribution in [3.05, 3.63) is 122 Å². The van der Waals surface area contributed by atoms with Crippen molar-refractivity contribution in [2.75, 3.05) is 6.54 Å². The lowest BCUT2D eigenvalue weighted by molar-refractivity contribution is -0.147. The van der Waals surface area contributed by atoms with Gasteiger partial charge >= 0.3 is 11.9 Å². The van der Waals surface area contributed by atoms with E-state index in [1.807, 2.05) is 6.08 Å². The van der Waals surface area contributed by atoms with Crippen LogP contribution in [0.3, 0.4) is 0 Å². The minimum absolute atomic E-state index is 0.171. The number of carboxylic acid groups (broad SMARTS) is 1. The normalized spacial score (nSPS) is 13.4. The standard InChI is InChI=1S/C46H69NO5/c1-3-5-7-9-11-13-14-15-16-17-18-19-20-21-22-23-24-25-26-27-29-31-37-41-46(51)52-43(38-34-30-28-12-10-8-6-4-2)39-35-32-33-36-40-44(48)47-42-45(49)50/h5-8,11-13,15-16,18-19,21-22,24-25,27-29,34,38,43H,3-4,9-10,14,17,20,23,26,30-33,35-37,39-42H2,1-2H3,(H,47,48)(H,49,50)/b7-5-,8-6-,13-11-,16-15-,19-18-,22-21-,25-24-,28-12-,29-27-,38-34-. The summed E-state index contributed by atoms with van der Waals surface area (Å²) in [6.45, 7) is 3.93. The van der Waals surface area contributed by atoms with Crippen LogP contribution in [0.5, 0.6) is 0 Å². The zero-order valence-corrected chi connectivity index (χ0v) is 32.3.